The van der Waals surface area contributed by atoms with E-state index in [-0.39, 0.29) is 11.7 Å². The van der Waals surface area contributed by atoms with Gasteiger partial charge in [-0.25, -0.2) is 4.39 Å². The van der Waals surface area contributed by atoms with Gasteiger partial charge < -0.3 is 9.88 Å². The van der Waals surface area contributed by atoms with E-state index in [1.807, 2.05) is 23.1 Å². The van der Waals surface area contributed by atoms with Gasteiger partial charge in [-0.3, -0.25) is 9.78 Å². The van der Waals surface area contributed by atoms with Crippen molar-refractivity contribution < 1.29 is 9.18 Å². The monoisotopic (exact) mass is 379 g/mol. The number of carbonyl (C=O) groups is 1. The van der Waals surface area contributed by atoms with Gasteiger partial charge >= 0.3 is 0 Å². The van der Waals surface area contributed by atoms with Crippen molar-refractivity contribution in [2.24, 2.45) is 0 Å². The van der Waals surface area contributed by atoms with E-state index in [0.717, 1.165) is 53.7 Å². The number of pyridine rings is 1. The number of amides is 1. The smallest absolute Gasteiger partial charge is 0.222 e. The number of fused-ring (bicyclic) bond motifs is 1. The normalized spacial score (nSPS) is 17.2. The maximum absolute atomic E-state index is 13.9. The zero-order chi connectivity index (χ0) is 19.5. The summed E-state index contributed by atoms with van der Waals surface area (Å²) in [6, 6.07) is 10.9. The minimum absolute atomic E-state index is 0.234. The summed E-state index contributed by atoms with van der Waals surface area (Å²) in [6.45, 7) is 3.01. The summed E-state index contributed by atoms with van der Waals surface area (Å²) in [5, 5.41) is 0.874. The molecule has 2 aromatic heterocycles. The second-order valence-electron chi connectivity index (χ2n) is 7.67. The third-order valence-electron chi connectivity index (χ3n) is 5.73. The van der Waals surface area contributed by atoms with Gasteiger partial charge in [0.25, 0.3) is 0 Å². The number of aryl methyl sites for hydroxylation is 1. The molecule has 0 bridgehead atoms. The van der Waals surface area contributed by atoms with Gasteiger partial charge in [-0.1, -0.05) is 6.07 Å². The average Bonchev–Trinajstić information content (AvgIpc) is 3.07. The molecular weight excluding hydrogens is 353 g/mol. The molecule has 146 valence electrons. The van der Waals surface area contributed by atoms with E-state index in [1.54, 1.807) is 18.3 Å². The topological polar surface area (TPSA) is 49.0 Å². The summed E-state index contributed by atoms with van der Waals surface area (Å²) in [5.74, 6) is -0.0175. The van der Waals surface area contributed by atoms with E-state index in [4.69, 9.17) is 0 Å². The highest BCUT2D eigenvalue weighted by atomic mass is 19.1. The lowest BCUT2D eigenvalue weighted by atomic mass is 10.0. The van der Waals surface area contributed by atoms with E-state index in [9.17, 15) is 9.18 Å². The van der Waals surface area contributed by atoms with Crippen molar-refractivity contribution in [3.8, 4) is 11.4 Å². The molecule has 4 nitrogen and oxygen atoms in total. The fourth-order valence-electron chi connectivity index (χ4n) is 4.24. The van der Waals surface area contributed by atoms with Gasteiger partial charge in [-0.05, 0) is 74.9 Å². The van der Waals surface area contributed by atoms with Gasteiger partial charge in [0.15, 0.2) is 0 Å². The first-order chi connectivity index (χ1) is 13.6. The number of nitrogens with zero attached hydrogens (tertiary/aromatic N) is 2. The molecule has 1 aromatic carbocycles. The van der Waals surface area contributed by atoms with E-state index >= 15 is 0 Å². The molecule has 5 heteroatoms. The molecule has 0 saturated carbocycles. The summed E-state index contributed by atoms with van der Waals surface area (Å²) in [5.41, 5.74) is 3.69. The number of nitrogens with one attached hydrogen (secondary N) is 1. The largest absolute Gasteiger partial charge is 0.353 e. The van der Waals surface area contributed by atoms with Crippen LogP contribution in [0.1, 0.15) is 44.6 Å². The van der Waals surface area contributed by atoms with Crippen molar-refractivity contribution in [2.75, 3.05) is 6.54 Å². The molecule has 0 aliphatic carbocycles. The molecule has 1 aliphatic heterocycles. The van der Waals surface area contributed by atoms with E-state index in [1.165, 1.54) is 12.5 Å². The lowest BCUT2D eigenvalue weighted by Gasteiger charge is -2.33. The maximum atomic E-state index is 13.9. The average molecular weight is 379 g/mol. The number of hydrogen-bond donors (Lipinski definition) is 1. The highest BCUT2D eigenvalue weighted by Crippen LogP contribution is 2.31. The first-order valence-corrected chi connectivity index (χ1v) is 10.1. The van der Waals surface area contributed by atoms with Crippen LogP contribution >= 0.6 is 0 Å². The molecule has 0 spiro atoms. The first-order valence-electron chi connectivity index (χ1n) is 10.1. The highest BCUT2D eigenvalue weighted by molar-refractivity contribution is 5.90. The molecule has 3 heterocycles. The Balaban J connectivity index is 1.55. The van der Waals surface area contributed by atoms with E-state index in [2.05, 4.69) is 16.9 Å². The predicted molar refractivity (Wildman–Crippen MR) is 109 cm³/mol. The molecule has 1 N–H and O–H groups in total. The van der Waals surface area contributed by atoms with Gasteiger partial charge in [0.1, 0.15) is 5.82 Å². The molecule has 0 radical (unpaired) electrons. The molecule has 1 saturated heterocycles. The van der Waals surface area contributed by atoms with Crippen molar-refractivity contribution >= 4 is 16.8 Å². The standard InChI is InChI=1S/C23H26FN3O/c1-16-7-3-5-14-27(16)22(28)10-6-8-18-19-15-17(24)11-12-20(19)26-23(18)21-9-2-4-13-25-21/h2,4,9,11-13,15-16,26H,3,5-8,10,14H2,1H3. The Morgan fingerprint density at radius 1 is 1.29 bits per heavy atom. The van der Waals surface area contributed by atoms with Crippen LogP contribution in [0.2, 0.25) is 0 Å². The molecule has 3 aromatic rings. The third-order valence-corrected chi connectivity index (χ3v) is 5.73. The van der Waals surface area contributed by atoms with E-state index in [0.29, 0.717) is 18.9 Å². The Bertz CT molecular complexity index is 967. The Morgan fingerprint density at radius 3 is 2.96 bits per heavy atom. The lowest BCUT2D eigenvalue weighted by Crippen LogP contribution is -2.41. The van der Waals surface area contributed by atoms with Crippen molar-refractivity contribution in [2.45, 2.75) is 51.5 Å². The summed E-state index contributed by atoms with van der Waals surface area (Å²) in [6.07, 6.45) is 7.13. The Hall–Kier alpha value is -2.69. The number of aromatic amines is 1. The van der Waals surface area contributed by atoms with Gasteiger partial charge in [0, 0.05) is 36.1 Å². The molecule has 1 atom stereocenters. The number of carbonyl (C=O) groups excluding carboxylic acids is 1. The lowest BCUT2D eigenvalue weighted by molar-refractivity contribution is -0.134. The van der Waals surface area contributed by atoms with Gasteiger partial charge in [0.05, 0.1) is 11.4 Å². The van der Waals surface area contributed by atoms with Crippen LogP contribution in [0.5, 0.6) is 0 Å². The second kappa shape index (κ2) is 8.13. The van der Waals surface area contributed by atoms with Crippen LogP contribution in [-0.2, 0) is 11.2 Å². The number of rotatable bonds is 5. The molecule has 1 unspecified atom stereocenters. The molecule has 4 rings (SSSR count). The summed E-state index contributed by atoms with van der Waals surface area (Å²) in [7, 11) is 0. The van der Waals surface area contributed by atoms with Crippen LogP contribution in [0.15, 0.2) is 42.6 Å². The van der Waals surface area contributed by atoms with Gasteiger partial charge in [-0.2, -0.15) is 0 Å². The number of hydrogen-bond acceptors (Lipinski definition) is 2. The van der Waals surface area contributed by atoms with Crippen LogP contribution in [0.3, 0.4) is 0 Å². The molecule has 1 fully saturated rings. The molecular formula is C23H26FN3O. The van der Waals surface area contributed by atoms with E-state index < -0.39 is 0 Å². The maximum Gasteiger partial charge on any atom is 0.222 e. The number of H-pyrrole nitrogens is 1. The minimum atomic E-state index is -0.251. The number of piperidine rings is 1. The molecule has 28 heavy (non-hydrogen) atoms. The zero-order valence-corrected chi connectivity index (χ0v) is 16.2. The van der Waals surface area contributed by atoms with Gasteiger partial charge in [0.2, 0.25) is 5.91 Å². The summed E-state index contributed by atoms with van der Waals surface area (Å²) >= 11 is 0. The first kappa shape index (κ1) is 18.7. The Labute approximate surface area is 164 Å². The van der Waals surface area contributed by atoms with Crippen molar-refractivity contribution in [3.05, 3.63) is 54.0 Å². The number of benzene rings is 1. The fourth-order valence-corrected chi connectivity index (χ4v) is 4.24. The Kier molecular flexibility index (Phi) is 5.42. The van der Waals surface area contributed by atoms with Crippen LogP contribution in [0.25, 0.3) is 22.3 Å². The van der Waals surface area contributed by atoms with Crippen LogP contribution in [-0.4, -0.2) is 33.4 Å². The van der Waals surface area contributed by atoms with Crippen LogP contribution in [0.4, 0.5) is 4.39 Å². The SMILES string of the molecule is CC1CCCCN1C(=O)CCCc1c(-c2ccccn2)[nH]c2ccc(F)cc12. The third kappa shape index (κ3) is 3.79. The van der Waals surface area contributed by atoms with Crippen LogP contribution in [0, 0.1) is 5.82 Å². The molecule has 1 aliphatic rings. The predicted octanol–water partition coefficient (Wildman–Crippen LogP) is 5.09. The quantitative estimate of drug-likeness (QED) is 0.671. The second-order valence-corrected chi connectivity index (χ2v) is 7.67. The minimum Gasteiger partial charge on any atom is -0.353 e. The summed E-state index contributed by atoms with van der Waals surface area (Å²) < 4.78 is 13.9. The van der Waals surface area contributed by atoms with Crippen molar-refractivity contribution in [1.82, 2.24) is 14.9 Å². The Morgan fingerprint density at radius 2 is 2.18 bits per heavy atom. The summed E-state index contributed by atoms with van der Waals surface area (Å²) in [4.78, 5) is 22.5. The zero-order valence-electron chi connectivity index (χ0n) is 16.2. The van der Waals surface area contributed by atoms with Gasteiger partial charge in [-0.15, -0.1) is 0 Å². The highest BCUT2D eigenvalue weighted by Gasteiger charge is 2.23. The number of aromatic nitrogens is 2. The van der Waals surface area contributed by atoms with Crippen molar-refractivity contribution in [3.63, 3.8) is 0 Å². The fraction of sp³-hybridized carbons (Fsp3) is 0.391. The van der Waals surface area contributed by atoms with Crippen molar-refractivity contribution in [1.29, 1.82) is 0 Å². The number of likely N-dealkylation sites (tertiary alicyclic amines) is 1. The molecule has 1 amide bonds. The number of halogens is 1. The van der Waals surface area contributed by atoms with Crippen LogP contribution < -0.4 is 0 Å².